The lowest BCUT2D eigenvalue weighted by molar-refractivity contribution is 0.885. The summed E-state index contributed by atoms with van der Waals surface area (Å²) in [5, 5.41) is 8.53. The number of benzene rings is 2. The van der Waals surface area contributed by atoms with Crippen molar-refractivity contribution in [2.75, 3.05) is 0 Å². The number of aromatic nitrogens is 3. The van der Waals surface area contributed by atoms with Gasteiger partial charge < -0.3 is 0 Å². The topological polar surface area (TPSA) is 30.7 Å². The molecule has 0 fully saturated rings. The zero-order chi connectivity index (χ0) is 14.7. The van der Waals surface area contributed by atoms with E-state index in [0.717, 1.165) is 23.8 Å². The standard InChI is InChI=1S/C17H16ClN3/c1-13-6-5-9-15(10-13)21-16(19-20-17(21)12-18)11-14-7-3-2-4-8-14/h2-10H,11-12H2,1H3. The Labute approximate surface area is 129 Å². The number of aryl methyl sites for hydroxylation is 1. The largest absolute Gasteiger partial charge is 0.282 e. The van der Waals surface area contributed by atoms with E-state index < -0.39 is 0 Å². The molecule has 3 nitrogen and oxygen atoms in total. The van der Waals surface area contributed by atoms with Gasteiger partial charge in [-0.05, 0) is 30.2 Å². The molecule has 0 aliphatic heterocycles. The van der Waals surface area contributed by atoms with Crippen LogP contribution in [0.25, 0.3) is 5.69 Å². The van der Waals surface area contributed by atoms with Crippen molar-refractivity contribution in [3.63, 3.8) is 0 Å². The van der Waals surface area contributed by atoms with Crippen LogP contribution in [-0.4, -0.2) is 14.8 Å². The van der Waals surface area contributed by atoms with E-state index in [4.69, 9.17) is 11.6 Å². The molecule has 21 heavy (non-hydrogen) atoms. The Balaban J connectivity index is 2.04. The van der Waals surface area contributed by atoms with E-state index in [2.05, 4.69) is 47.5 Å². The normalized spacial score (nSPS) is 10.8. The maximum atomic E-state index is 6.01. The van der Waals surface area contributed by atoms with Gasteiger partial charge in [-0.1, -0.05) is 42.5 Å². The fraction of sp³-hybridized carbons (Fsp3) is 0.176. The molecule has 1 heterocycles. The predicted molar refractivity (Wildman–Crippen MR) is 84.9 cm³/mol. The number of nitrogens with zero attached hydrogens (tertiary/aromatic N) is 3. The van der Waals surface area contributed by atoms with E-state index in [1.165, 1.54) is 11.1 Å². The molecule has 3 rings (SSSR count). The van der Waals surface area contributed by atoms with E-state index in [1.807, 2.05) is 28.8 Å². The lowest BCUT2D eigenvalue weighted by Gasteiger charge is -2.10. The summed E-state index contributed by atoms with van der Waals surface area (Å²) in [5.41, 5.74) is 3.47. The molecule has 0 spiro atoms. The molecular formula is C17H16ClN3. The Hall–Kier alpha value is -2.13. The lowest BCUT2D eigenvalue weighted by Crippen LogP contribution is -2.05. The van der Waals surface area contributed by atoms with Gasteiger partial charge in [0.05, 0.1) is 5.88 Å². The van der Waals surface area contributed by atoms with E-state index in [-0.39, 0.29) is 0 Å². The van der Waals surface area contributed by atoms with Gasteiger partial charge in [-0.15, -0.1) is 21.8 Å². The van der Waals surface area contributed by atoms with Crippen molar-refractivity contribution in [2.24, 2.45) is 0 Å². The van der Waals surface area contributed by atoms with Crippen LogP contribution in [0.3, 0.4) is 0 Å². The van der Waals surface area contributed by atoms with Crippen molar-refractivity contribution in [3.05, 3.63) is 77.4 Å². The molecule has 1 aromatic heterocycles. The molecule has 0 aliphatic rings. The number of alkyl halides is 1. The smallest absolute Gasteiger partial charge is 0.152 e. The maximum absolute atomic E-state index is 6.01. The van der Waals surface area contributed by atoms with Gasteiger partial charge in [0, 0.05) is 12.1 Å². The second-order valence-corrected chi connectivity index (χ2v) is 5.27. The molecule has 106 valence electrons. The van der Waals surface area contributed by atoms with Crippen molar-refractivity contribution < 1.29 is 0 Å². The van der Waals surface area contributed by atoms with E-state index in [9.17, 15) is 0 Å². The molecule has 0 N–H and O–H groups in total. The average molecular weight is 298 g/mol. The third-order valence-corrected chi connectivity index (χ3v) is 3.62. The van der Waals surface area contributed by atoms with Crippen LogP contribution in [0, 0.1) is 6.92 Å². The Kier molecular flexibility index (Phi) is 4.02. The number of halogens is 1. The summed E-state index contributed by atoms with van der Waals surface area (Å²) in [4.78, 5) is 0. The molecule has 4 heteroatoms. The molecule has 3 aromatic rings. The summed E-state index contributed by atoms with van der Waals surface area (Å²) in [7, 11) is 0. The lowest BCUT2D eigenvalue weighted by atomic mass is 10.1. The quantitative estimate of drug-likeness (QED) is 0.684. The van der Waals surface area contributed by atoms with E-state index >= 15 is 0 Å². The maximum Gasteiger partial charge on any atom is 0.152 e. The summed E-state index contributed by atoms with van der Waals surface area (Å²) in [5.74, 6) is 2.02. The van der Waals surface area contributed by atoms with Crippen molar-refractivity contribution in [1.29, 1.82) is 0 Å². The zero-order valence-electron chi connectivity index (χ0n) is 11.8. The third-order valence-electron chi connectivity index (χ3n) is 3.38. The predicted octanol–water partition coefficient (Wildman–Crippen LogP) is 3.91. The molecule has 0 bridgehead atoms. The van der Waals surface area contributed by atoms with Crippen molar-refractivity contribution in [3.8, 4) is 5.69 Å². The first-order valence-corrected chi connectivity index (χ1v) is 7.41. The van der Waals surface area contributed by atoms with E-state index in [0.29, 0.717) is 5.88 Å². The second kappa shape index (κ2) is 6.10. The number of hydrogen-bond donors (Lipinski definition) is 0. The molecule has 0 saturated heterocycles. The van der Waals surface area contributed by atoms with Crippen LogP contribution < -0.4 is 0 Å². The highest BCUT2D eigenvalue weighted by Gasteiger charge is 2.13. The Morgan fingerprint density at radius 1 is 0.952 bits per heavy atom. The first kappa shape index (κ1) is 13.8. The Morgan fingerprint density at radius 3 is 2.43 bits per heavy atom. The molecular weight excluding hydrogens is 282 g/mol. The first-order valence-electron chi connectivity index (χ1n) is 6.88. The van der Waals surface area contributed by atoms with Gasteiger partial charge >= 0.3 is 0 Å². The van der Waals surface area contributed by atoms with Gasteiger partial charge in [-0.2, -0.15) is 0 Å². The second-order valence-electron chi connectivity index (χ2n) is 5.00. The summed E-state index contributed by atoms with van der Waals surface area (Å²) < 4.78 is 2.05. The molecule has 0 unspecified atom stereocenters. The fourth-order valence-electron chi connectivity index (χ4n) is 2.40. The van der Waals surface area contributed by atoms with Gasteiger partial charge in [0.25, 0.3) is 0 Å². The summed E-state index contributed by atoms with van der Waals surface area (Å²) in [6.07, 6.45) is 0.735. The van der Waals surface area contributed by atoms with Crippen LogP contribution in [0.2, 0.25) is 0 Å². The molecule has 0 aliphatic carbocycles. The third kappa shape index (κ3) is 2.98. The molecule has 0 amide bonds. The van der Waals surface area contributed by atoms with Gasteiger partial charge in [0.1, 0.15) is 5.82 Å². The highest BCUT2D eigenvalue weighted by molar-refractivity contribution is 6.16. The Bertz CT molecular complexity index is 735. The van der Waals surface area contributed by atoms with Crippen LogP contribution in [0.4, 0.5) is 0 Å². The minimum atomic E-state index is 0.343. The van der Waals surface area contributed by atoms with Gasteiger partial charge in [0.2, 0.25) is 0 Å². The molecule has 0 radical (unpaired) electrons. The van der Waals surface area contributed by atoms with E-state index in [1.54, 1.807) is 0 Å². The molecule has 0 atom stereocenters. The van der Waals surface area contributed by atoms with Crippen molar-refractivity contribution in [2.45, 2.75) is 19.2 Å². The zero-order valence-corrected chi connectivity index (χ0v) is 12.6. The highest BCUT2D eigenvalue weighted by Crippen LogP contribution is 2.18. The monoisotopic (exact) mass is 297 g/mol. The minimum Gasteiger partial charge on any atom is -0.282 e. The minimum absolute atomic E-state index is 0.343. The Morgan fingerprint density at radius 2 is 1.71 bits per heavy atom. The van der Waals surface area contributed by atoms with Crippen molar-refractivity contribution in [1.82, 2.24) is 14.8 Å². The van der Waals surface area contributed by atoms with Crippen LogP contribution in [0.5, 0.6) is 0 Å². The van der Waals surface area contributed by atoms with Crippen LogP contribution >= 0.6 is 11.6 Å². The summed E-state index contributed by atoms with van der Waals surface area (Å²) in [6, 6.07) is 18.6. The summed E-state index contributed by atoms with van der Waals surface area (Å²) >= 11 is 6.01. The van der Waals surface area contributed by atoms with Gasteiger partial charge in [-0.25, -0.2) is 0 Å². The molecule has 0 saturated carbocycles. The highest BCUT2D eigenvalue weighted by atomic mass is 35.5. The summed E-state index contributed by atoms with van der Waals surface area (Å²) in [6.45, 7) is 2.07. The fourth-order valence-corrected chi connectivity index (χ4v) is 2.57. The van der Waals surface area contributed by atoms with Crippen LogP contribution in [0.15, 0.2) is 54.6 Å². The van der Waals surface area contributed by atoms with Crippen LogP contribution in [-0.2, 0) is 12.3 Å². The number of hydrogen-bond acceptors (Lipinski definition) is 2. The first-order chi connectivity index (χ1) is 10.3. The molecule has 2 aromatic carbocycles. The van der Waals surface area contributed by atoms with Gasteiger partial charge in [-0.3, -0.25) is 4.57 Å². The average Bonchev–Trinajstić information content (AvgIpc) is 2.91. The van der Waals surface area contributed by atoms with Crippen LogP contribution in [0.1, 0.15) is 22.8 Å². The van der Waals surface area contributed by atoms with Crippen molar-refractivity contribution >= 4 is 11.6 Å². The number of rotatable bonds is 4. The van der Waals surface area contributed by atoms with Gasteiger partial charge in [0.15, 0.2) is 5.82 Å². The SMILES string of the molecule is Cc1cccc(-n2c(CCl)nnc2Cc2ccccc2)c1.